The van der Waals surface area contributed by atoms with Gasteiger partial charge in [-0.15, -0.1) is 0 Å². The molecular weight excluding hydrogens is 348 g/mol. The Kier molecular flexibility index (Phi) is 5.01. The Morgan fingerprint density at radius 2 is 1.89 bits per heavy atom. The van der Waals surface area contributed by atoms with E-state index in [2.05, 4.69) is 19.9 Å². The number of carbonyl (C=O) groups is 2. The summed E-state index contributed by atoms with van der Waals surface area (Å²) in [5.74, 6) is 2.93. The fourth-order valence-electron chi connectivity index (χ4n) is 7.99. The van der Waals surface area contributed by atoms with E-state index in [0.29, 0.717) is 17.7 Å². The van der Waals surface area contributed by atoms with Crippen molar-refractivity contribution in [3.05, 3.63) is 11.6 Å². The number of carbonyl (C=O) groups excluding carboxylic acids is 2. The molecule has 0 bridgehead atoms. The first-order valence-electron chi connectivity index (χ1n) is 11.4. The van der Waals surface area contributed by atoms with Gasteiger partial charge >= 0.3 is 0 Å². The maximum Gasteiger partial charge on any atom is 0.236 e. The Morgan fingerprint density at radius 3 is 2.57 bits per heavy atom. The third-order valence-electron chi connectivity index (χ3n) is 9.68. The summed E-state index contributed by atoms with van der Waals surface area (Å²) >= 11 is 0. The van der Waals surface area contributed by atoms with Crippen molar-refractivity contribution in [3.8, 4) is 0 Å². The lowest BCUT2D eigenvalue weighted by molar-refractivity contribution is -0.132. The Morgan fingerprint density at radius 1 is 1.14 bits per heavy atom. The molecule has 156 valence electrons. The van der Waals surface area contributed by atoms with Crippen LogP contribution in [0.25, 0.3) is 0 Å². The summed E-state index contributed by atoms with van der Waals surface area (Å²) < 4.78 is 0. The molecule has 1 amide bonds. The molecule has 4 rings (SSSR count). The largest absolute Gasteiger partial charge is 0.341 e. The molecule has 0 radical (unpaired) electrons. The van der Waals surface area contributed by atoms with Gasteiger partial charge in [0.05, 0.1) is 6.54 Å². The monoisotopic (exact) mass is 386 g/mol. The van der Waals surface area contributed by atoms with Gasteiger partial charge in [-0.1, -0.05) is 25.5 Å². The van der Waals surface area contributed by atoms with E-state index >= 15 is 0 Å². The fourth-order valence-corrected chi connectivity index (χ4v) is 7.99. The Bertz CT molecular complexity index is 701. The summed E-state index contributed by atoms with van der Waals surface area (Å²) in [6.45, 7) is 6.83. The summed E-state index contributed by atoms with van der Waals surface area (Å²) in [6, 6.07) is 0.300. The van der Waals surface area contributed by atoms with Crippen LogP contribution in [0.1, 0.15) is 72.1 Å². The molecule has 3 fully saturated rings. The maximum absolute atomic E-state index is 12.3. The molecule has 4 aliphatic rings. The van der Waals surface area contributed by atoms with Crippen LogP contribution in [0.2, 0.25) is 0 Å². The number of ketones is 1. The zero-order valence-corrected chi connectivity index (χ0v) is 18.2. The van der Waals surface area contributed by atoms with E-state index in [4.69, 9.17) is 5.73 Å². The maximum atomic E-state index is 12.3. The highest BCUT2D eigenvalue weighted by Crippen LogP contribution is 2.66. The zero-order chi connectivity index (χ0) is 20.3. The van der Waals surface area contributed by atoms with Crippen molar-refractivity contribution >= 4 is 11.7 Å². The van der Waals surface area contributed by atoms with Gasteiger partial charge in [0.15, 0.2) is 0 Å². The smallest absolute Gasteiger partial charge is 0.236 e. The molecule has 0 aliphatic heterocycles. The van der Waals surface area contributed by atoms with Crippen LogP contribution in [0.4, 0.5) is 0 Å². The minimum absolute atomic E-state index is 0.0533. The molecule has 0 saturated heterocycles. The highest BCUT2D eigenvalue weighted by Gasteiger charge is 2.59. The first-order chi connectivity index (χ1) is 13.2. The van der Waals surface area contributed by atoms with E-state index in [9.17, 15) is 9.59 Å². The van der Waals surface area contributed by atoms with Gasteiger partial charge in [0.1, 0.15) is 5.78 Å². The molecule has 4 nitrogen and oxygen atoms in total. The second-order valence-electron chi connectivity index (χ2n) is 10.6. The summed E-state index contributed by atoms with van der Waals surface area (Å²) in [7, 11) is 1.92. The number of hydrogen-bond donors (Lipinski definition) is 1. The minimum atomic E-state index is 0.0533. The fraction of sp³-hybridized carbons (Fsp3) is 0.833. The molecule has 4 heteroatoms. The van der Waals surface area contributed by atoms with Crippen LogP contribution >= 0.6 is 0 Å². The molecule has 1 unspecified atom stereocenters. The van der Waals surface area contributed by atoms with Crippen molar-refractivity contribution in [1.82, 2.24) is 4.90 Å². The second kappa shape index (κ2) is 6.97. The average molecular weight is 387 g/mol. The van der Waals surface area contributed by atoms with Crippen LogP contribution in [0.15, 0.2) is 11.6 Å². The van der Waals surface area contributed by atoms with Crippen molar-refractivity contribution in [3.63, 3.8) is 0 Å². The third kappa shape index (κ3) is 2.81. The van der Waals surface area contributed by atoms with Gasteiger partial charge < -0.3 is 10.6 Å². The average Bonchev–Trinajstić information content (AvgIpc) is 3.03. The number of fused-ring (bicyclic) bond motifs is 5. The number of rotatable bonds is 3. The lowest BCUT2D eigenvalue weighted by atomic mass is 9.47. The van der Waals surface area contributed by atoms with E-state index in [0.717, 1.165) is 31.1 Å². The summed E-state index contributed by atoms with van der Waals surface area (Å²) in [6.07, 6.45) is 11.8. The molecule has 0 aromatic heterocycles. The predicted molar refractivity (Wildman–Crippen MR) is 111 cm³/mol. The lowest BCUT2D eigenvalue weighted by Gasteiger charge is -2.58. The lowest BCUT2D eigenvalue weighted by Crippen LogP contribution is -2.52. The van der Waals surface area contributed by atoms with Gasteiger partial charge in [-0.25, -0.2) is 0 Å². The number of likely N-dealkylation sites (N-methyl/N-ethyl adjacent to an activating group) is 1. The summed E-state index contributed by atoms with van der Waals surface area (Å²) in [5.41, 5.74) is 7.68. The molecular formula is C24H38N2O2. The first-order valence-corrected chi connectivity index (χ1v) is 11.4. The quantitative estimate of drug-likeness (QED) is 0.747. The van der Waals surface area contributed by atoms with E-state index in [-0.39, 0.29) is 29.2 Å². The molecule has 28 heavy (non-hydrogen) atoms. The second-order valence-corrected chi connectivity index (χ2v) is 10.6. The van der Waals surface area contributed by atoms with Gasteiger partial charge in [-0.3, -0.25) is 9.59 Å². The van der Waals surface area contributed by atoms with Crippen molar-refractivity contribution in [2.75, 3.05) is 13.6 Å². The van der Waals surface area contributed by atoms with Crippen LogP contribution < -0.4 is 5.73 Å². The number of Topliss-reactive ketones (excluding diaryl/α,β-unsaturated/α-hetero) is 1. The number of nitrogens with zero attached hydrogens (tertiary/aromatic N) is 1. The van der Waals surface area contributed by atoms with Gasteiger partial charge in [0.25, 0.3) is 0 Å². The van der Waals surface area contributed by atoms with E-state index < -0.39 is 0 Å². The molecule has 3 saturated carbocycles. The van der Waals surface area contributed by atoms with Crippen molar-refractivity contribution in [1.29, 1.82) is 0 Å². The molecule has 7 atom stereocenters. The van der Waals surface area contributed by atoms with Gasteiger partial charge in [-0.05, 0) is 86.9 Å². The normalized spacial score (nSPS) is 44.8. The molecule has 0 aromatic carbocycles. The van der Waals surface area contributed by atoms with Gasteiger partial charge in [0, 0.05) is 19.0 Å². The zero-order valence-electron chi connectivity index (χ0n) is 18.2. The van der Waals surface area contributed by atoms with Gasteiger partial charge in [0.2, 0.25) is 5.91 Å². The highest BCUT2D eigenvalue weighted by atomic mass is 16.2. The first kappa shape index (κ1) is 20.1. The summed E-state index contributed by atoms with van der Waals surface area (Å²) in [4.78, 5) is 26.3. The summed E-state index contributed by atoms with van der Waals surface area (Å²) in [5, 5.41) is 0. The molecule has 0 spiro atoms. The molecule has 4 aliphatic carbocycles. The van der Waals surface area contributed by atoms with E-state index in [1.165, 1.54) is 32.1 Å². The topological polar surface area (TPSA) is 63.4 Å². The van der Waals surface area contributed by atoms with E-state index in [1.54, 1.807) is 5.57 Å². The Hall–Kier alpha value is -1.16. The molecule has 0 aromatic rings. The Labute approximate surface area is 170 Å². The van der Waals surface area contributed by atoms with Crippen LogP contribution in [-0.2, 0) is 9.59 Å². The van der Waals surface area contributed by atoms with E-state index in [1.807, 2.05) is 18.9 Å². The third-order valence-corrected chi connectivity index (χ3v) is 9.68. The minimum Gasteiger partial charge on any atom is -0.341 e. The van der Waals surface area contributed by atoms with Crippen molar-refractivity contribution < 1.29 is 9.59 Å². The number of nitrogens with two attached hydrogens (primary N) is 1. The van der Waals surface area contributed by atoms with Crippen LogP contribution in [-0.4, -0.2) is 36.2 Å². The van der Waals surface area contributed by atoms with Crippen LogP contribution in [0.3, 0.4) is 0 Å². The number of allylic oxidation sites excluding steroid dienone is 1. The van der Waals surface area contributed by atoms with Gasteiger partial charge in [-0.2, -0.15) is 0 Å². The Balaban J connectivity index is 1.57. The molecule has 0 heterocycles. The van der Waals surface area contributed by atoms with Crippen molar-refractivity contribution in [2.24, 2.45) is 40.2 Å². The molecule has 2 N–H and O–H groups in total. The highest BCUT2D eigenvalue weighted by molar-refractivity contribution is 5.79. The SMILES string of the molecule is CC(=O)[C@H]1CC[C@H]2[C@@H]3CC=C4CC(N(C)C(=O)CN)CC[C@]4(C)[C@H]3CC[C@]12C. The number of hydrogen-bond acceptors (Lipinski definition) is 3. The number of amides is 1. The van der Waals surface area contributed by atoms with Crippen LogP contribution in [0, 0.1) is 34.5 Å². The van der Waals surface area contributed by atoms with Crippen molar-refractivity contribution in [2.45, 2.75) is 78.2 Å². The van der Waals surface area contributed by atoms with Crippen LogP contribution in [0.5, 0.6) is 0 Å². The predicted octanol–water partition coefficient (Wildman–Crippen LogP) is 3.94. The standard InChI is InChI=1S/C24H38N2O2/c1-15(27)19-7-8-20-18-6-5-16-13-17(26(4)22(28)14-25)9-11-23(16,2)21(18)10-12-24(19,20)3/h5,17-21H,6-14,25H2,1-4H3/t17?,18-,19+,20-,21-,23-,24+/m0/s1.